The molecule has 1 amide bonds. The molecule has 0 aliphatic heterocycles. The summed E-state index contributed by atoms with van der Waals surface area (Å²) >= 11 is 19.0. The Bertz CT molecular complexity index is 847. The number of rotatable bonds is 3. The maximum atomic E-state index is 12.1. The lowest BCUT2D eigenvalue weighted by atomic mass is 10.2. The summed E-state index contributed by atoms with van der Waals surface area (Å²) in [6.07, 6.45) is 0. The first-order valence-electron chi connectivity index (χ1n) is 5.89. The summed E-state index contributed by atoms with van der Waals surface area (Å²) in [5.41, 5.74) is 0.822. The maximum Gasteiger partial charge on any atom is 0.322 e. The second-order valence-corrected chi connectivity index (χ2v) is 6.78. The minimum atomic E-state index is -0.449. The van der Waals surface area contributed by atoms with Gasteiger partial charge in [0.25, 0.3) is 11.8 Å². The molecule has 2 heterocycles. The molecule has 0 aliphatic carbocycles. The van der Waals surface area contributed by atoms with E-state index in [4.69, 9.17) is 39.2 Å². The van der Waals surface area contributed by atoms with E-state index in [1.807, 2.05) is 0 Å². The Morgan fingerprint density at radius 3 is 2.64 bits per heavy atom. The van der Waals surface area contributed by atoms with Gasteiger partial charge in [-0.1, -0.05) is 52.0 Å². The van der Waals surface area contributed by atoms with Crippen LogP contribution in [-0.2, 0) is 0 Å². The van der Waals surface area contributed by atoms with Crippen molar-refractivity contribution in [3.05, 3.63) is 49.6 Å². The first-order chi connectivity index (χ1) is 10.5. The topological polar surface area (TPSA) is 68.0 Å². The van der Waals surface area contributed by atoms with Gasteiger partial charge in [-0.2, -0.15) is 0 Å². The van der Waals surface area contributed by atoms with Gasteiger partial charge in [0.2, 0.25) is 0 Å². The summed E-state index contributed by atoms with van der Waals surface area (Å²) in [6, 6.07) is 8.19. The number of thiophene rings is 1. The third-order valence-electron chi connectivity index (χ3n) is 2.65. The highest BCUT2D eigenvalue weighted by Gasteiger charge is 2.17. The molecule has 0 spiro atoms. The smallest absolute Gasteiger partial charge is 0.322 e. The maximum absolute atomic E-state index is 12.1. The van der Waals surface area contributed by atoms with Crippen LogP contribution in [0.15, 0.2) is 34.7 Å². The SMILES string of the molecule is O=C(Nc1nnc(-c2cc(Cl)sc2Cl)o1)c1ccccc1Cl. The van der Waals surface area contributed by atoms with E-state index in [9.17, 15) is 4.79 Å². The molecule has 5 nitrogen and oxygen atoms in total. The van der Waals surface area contributed by atoms with Gasteiger partial charge in [0.15, 0.2) is 0 Å². The first-order valence-corrected chi connectivity index (χ1v) is 7.84. The van der Waals surface area contributed by atoms with Crippen LogP contribution in [0.1, 0.15) is 10.4 Å². The van der Waals surface area contributed by atoms with Crippen LogP contribution < -0.4 is 5.32 Å². The van der Waals surface area contributed by atoms with Crippen molar-refractivity contribution >= 4 is 58.1 Å². The highest BCUT2D eigenvalue weighted by molar-refractivity contribution is 7.20. The Hall–Kier alpha value is -1.60. The van der Waals surface area contributed by atoms with E-state index in [1.54, 1.807) is 30.3 Å². The van der Waals surface area contributed by atoms with Crippen molar-refractivity contribution in [1.82, 2.24) is 10.2 Å². The van der Waals surface area contributed by atoms with Crippen LogP contribution in [-0.4, -0.2) is 16.1 Å². The van der Waals surface area contributed by atoms with Gasteiger partial charge in [0.1, 0.15) is 4.34 Å². The molecule has 0 aliphatic rings. The number of nitrogens with one attached hydrogen (secondary N) is 1. The lowest BCUT2D eigenvalue weighted by Crippen LogP contribution is -2.12. The number of carbonyl (C=O) groups is 1. The first kappa shape index (κ1) is 15.3. The zero-order valence-corrected chi connectivity index (χ0v) is 13.7. The number of hydrogen-bond acceptors (Lipinski definition) is 5. The van der Waals surface area contributed by atoms with Gasteiger partial charge in [0, 0.05) is 0 Å². The van der Waals surface area contributed by atoms with Crippen molar-refractivity contribution in [3.63, 3.8) is 0 Å². The third-order valence-corrected chi connectivity index (χ3v) is 4.47. The summed E-state index contributed by atoms with van der Waals surface area (Å²) in [4.78, 5) is 12.1. The van der Waals surface area contributed by atoms with Crippen LogP contribution in [0, 0.1) is 0 Å². The second-order valence-electron chi connectivity index (χ2n) is 4.08. The fourth-order valence-electron chi connectivity index (χ4n) is 1.68. The lowest BCUT2D eigenvalue weighted by molar-refractivity contribution is 0.102. The van der Waals surface area contributed by atoms with E-state index in [0.717, 1.165) is 0 Å². The van der Waals surface area contributed by atoms with Gasteiger partial charge in [-0.15, -0.1) is 16.4 Å². The van der Waals surface area contributed by atoms with Gasteiger partial charge >= 0.3 is 6.01 Å². The molecule has 0 saturated heterocycles. The lowest BCUT2D eigenvalue weighted by Gasteiger charge is -2.02. The largest absolute Gasteiger partial charge is 0.403 e. The summed E-state index contributed by atoms with van der Waals surface area (Å²) in [5.74, 6) is -0.280. The molecule has 3 aromatic rings. The Labute approximate surface area is 143 Å². The minimum Gasteiger partial charge on any atom is -0.403 e. The van der Waals surface area contributed by atoms with Crippen LogP contribution in [0.25, 0.3) is 11.5 Å². The van der Waals surface area contributed by atoms with Crippen LogP contribution in [0.2, 0.25) is 13.7 Å². The predicted molar refractivity (Wildman–Crippen MR) is 87.0 cm³/mol. The molecule has 112 valence electrons. The number of hydrogen-bond donors (Lipinski definition) is 1. The van der Waals surface area contributed by atoms with Crippen molar-refractivity contribution < 1.29 is 9.21 Å². The van der Waals surface area contributed by atoms with Crippen molar-refractivity contribution in [2.75, 3.05) is 5.32 Å². The summed E-state index contributed by atoms with van der Waals surface area (Å²) in [5, 5.41) is 10.4. The number of amides is 1. The number of carbonyl (C=O) groups excluding carboxylic acids is 1. The van der Waals surface area contributed by atoms with Gasteiger partial charge in [-0.25, -0.2) is 0 Å². The molecule has 0 fully saturated rings. The van der Waals surface area contributed by atoms with E-state index in [0.29, 0.717) is 24.8 Å². The molecule has 9 heteroatoms. The van der Waals surface area contributed by atoms with E-state index in [-0.39, 0.29) is 11.9 Å². The van der Waals surface area contributed by atoms with Crippen LogP contribution >= 0.6 is 46.1 Å². The Morgan fingerprint density at radius 1 is 1.18 bits per heavy atom. The van der Waals surface area contributed by atoms with Crippen molar-refractivity contribution in [1.29, 1.82) is 0 Å². The van der Waals surface area contributed by atoms with E-state index >= 15 is 0 Å². The fraction of sp³-hybridized carbons (Fsp3) is 0. The molecule has 0 bridgehead atoms. The molecule has 1 aromatic carbocycles. The molecule has 0 saturated carbocycles. The molecule has 0 radical (unpaired) electrons. The second kappa shape index (κ2) is 6.26. The van der Waals surface area contributed by atoms with Crippen molar-refractivity contribution in [3.8, 4) is 11.5 Å². The van der Waals surface area contributed by atoms with E-state index in [1.165, 1.54) is 11.3 Å². The van der Waals surface area contributed by atoms with Crippen LogP contribution in [0.3, 0.4) is 0 Å². The quantitative estimate of drug-likeness (QED) is 0.699. The van der Waals surface area contributed by atoms with Gasteiger partial charge in [0.05, 0.1) is 20.5 Å². The average molecular weight is 375 g/mol. The predicted octanol–water partition coefficient (Wildman–Crippen LogP) is 5.01. The molecule has 2 aromatic heterocycles. The van der Waals surface area contributed by atoms with Crippen LogP contribution in [0.5, 0.6) is 0 Å². The standard InChI is InChI=1S/C13H6Cl3N3O2S/c14-8-4-2-1-3-6(8)11(20)17-13-19-18-12(21-13)7-5-9(15)22-10(7)16/h1-5H,(H,17,19,20). The molecule has 0 unspecified atom stereocenters. The zero-order chi connectivity index (χ0) is 15.7. The molecule has 3 rings (SSSR count). The van der Waals surface area contributed by atoms with Gasteiger partial charge in [-0.3, -0.25) is 10.1 Å². The molecule has 22 heavy (non-hydrogen) atoms. The summed E-state index contributed by atoms with van der Waals surface area (Å²) < 4.78 is 6.29. The van der Waals surface area contributed by atoms with Gasteiger partial charge in [-0.05, 0) is 18.2 Å². The monoisotopic (exact) mass is 373 g/mol. The molecule has 1 N–H and O–H groups in total. The Kier molecular flexibility index (Phi) is 4.35. The Balaban J connectivity index is 1.82. The van der Waals surface area contributed by atoms with Crippen molar-refractivity contribution in [2.45, 2.75) is 0 Å². The normalized spacial score (nSPS) is 10.7. The zero-order valence-electron chi connectivity index (χ0n) is 10.6. The van der Waals surface area contributed by atoms with Crippen molar-refractivity contribution in [2.24, 2.45) is 0 Å². The minimum absolute atomic E-state index is 0.0571. The summed E-state index contributed by atoms with van der Waals surface area (Å²) in [6.45, 7) is 0. The number of anilines is 1. The molecular formula is C13H6Cl3N3O2S. The number of nitrogens with zero attached hydrogens (tertiary/aromatic N) is 2. The average Bonchev–Trinajstić information content (AvgIpc) is 3.05. The number of halogens is 3. The third kappa shape index (κ3) is 3.10. The molecular weight excluding hydrogens is 369 g/mol. The number of benzene rings is 1. The number of aromatic nitrogens is 2. The van der Waals surface area contributed by atoms with Crippen LogP contribution in [0.4, 0.5) is 6.01 Å². The van der Waals surface area contributed by atoms with E-state index in [2.05, 4.69) is 15.5 Å². The highest BCUT2D eigenvalue weighted by atomic mass is 35.5. The Morgan fingerprint density at radius 2 is 1.95 bits per heavy atom. The molecule has 0 atom stereocenters. The highest BCUT2D eigenvalue weighted by Crippen LogP contribution is 2.37. The van der Waals surface area contributed by atoms with Gasteiger partial charge < -0.3 is 4.42 Å². The fourth-order valence-corrected chi connectivity index (χ4v) is 3.35. The van der Waals surface area contributed by atoms with E-state index < -0.39 is 5.91 Å². The summed E-state index contributed by atoms with van der Waals surface area (Å²) in [7, 11) is 0.